The zero-order valence-electron chi connectivity index (χ0n) is 20.8. The van der Waals surface area contributed by atoms with Gasteiger partial charge in [0, 0.05) is 23.9 Å². The highest BCUT2D eigenvalue weighted by Gasteiger charge is 2.44. The van der Waals surface area contributed by atoms with Gasteiger partial charge >= 0.3 is 0 Å². The Kier molecular flexibility index (Phi) is 8.26. The van der Waals surface area contributed by atoms with Crippen LogP contribution in [0.2, 0.25) is 0 Å². The SMILES string of the molecule is COc1cc(C(=O)N2C[C@@H](SC)C[C@H]2C(=O)N2CCC[C@H]2C#N)cc(OC)c1OCc1ccccc1. The highest BCUT2D eigenvalue weighted by atomic mass is 32.2. The van der Waals surface area contributed by atoms with Crippen LogP contribution in [0.15, 0.2) is 42.5 Å². The van der Waals surface area contributed by atoms with Crippen LogP contribution in [0.25, 0.3) is 0 Å². The van der Waals surface area contributed by atoms with E-state index in [0.717, 1.165) is 12.0 Å². The van der Waals surface area contributed by atoms with Crippen LogP contribution in [0.5, 0.6) is 17.2 Å². The fraction of sp³-hybridized carbons (Fsp3) is 0.444. The fourth-order valence-electron chi connectivity index (χ4n) is 4.82. The van der Waals surface area contributed by atoms with E-state index in [1.165, 1.54) is 14.2 Å². The number of hydrogen-bond acceptors (Lipinski definition) is 7. The molecule has 0 N–H and O–H groups in total. The van der Waals surface area contributed by atoms with Crippen molar-refractivity contribution in [2.75, 3.05) is 33.6 Å². The first-order chi connectivity index (χ1) is 17.5. The van der Waals surface area contributed by atoms with E-state index in [1.807, 2.05) is 36.6 Å². The molecule has 0 saturated carbocycles. The fourth-order valence-corrected chi connectivity index (χ4v) is 5.51. The summed E-state index contributed by atoms with van der Waals surface area (Å²) in [4.78, 5) is 30.5. The monoisotopic (exact) mass is 509 g/mol. The first kappa shape index (κ1) is 25.7. The van der Waals surface area contributed by atoms with Crippen LogP contribution in [0.4, 0.5) is 0 Å². The molecule has 9 heteroatoms. The Morgan fingerprint density at radius 3 is 2.42 bits per heavy atom. The van der Waals surface area contributed by atoms with E-state index in [9.17, 15) is 14.9 Å². The minimum absolute atomic E-state index is 0.142. The summed E-state index contributed by atoms with van der Waals surface area (Å²) in [6.07, 6.45) is 4.02. The molecule has 2 aliphatic heterocycles. The van der Waals surface area contributed by atoms with Crippen molar-refractivity contribution < 1.29 is 23.8 Å². The maximum atomic E-state index is 13.7. The van der Waals surface area contributed by atoms with Gasteiger partial charge in [0.1, 0.15) is 18.7 Å². The summed E-state index contributed by atoms with van der Waals surface area (Å²) in [5.41, 5.74) is 1.34. The van der Waals surface area contributed by atoms with Gasteiger partial charge in [0.2, 0.25) is 11.7 Å². The van der Waals surface area contributed by atoms with Gasteiger partial charge < -0.3 is 24.0 Å². The minimum atomic E-state index is -0.602. The Hall–Kier alpha value is -3.38. The van der Waals surface area contributed by atoms with Crippen molar-refractivity contribution in [3.05, 3.63) is 53.6 Å². The van der Waals surface area contributed by atoms with Crippen LogP contribution >= 0.6 is 11.8 Å². The maximum absolute atomic E-state index is 13.7. The van der Waals surface area contributed by atoms with Gasteiger partial charge in [-0.1, -0.05) is 30.3 Å². The van der Waals surface area contributed by atoms with E-state index in [1.54, 1.807) is 33.7 Å². The zero-order valence-corrected chi connectivity index (χ0v) is 21.6. The summed E-state index contributed by atoms with van der Waals surface area (Å²) >= 11 is 1.64. The summed E-state index contributed by atoms with van der Waals surface area (Å²) in [6.45, 7) is 1.32. The van der Waals surface area contributed by atoms with E-state index < -0.39 is 12.1 Å². The Bertz CT molecular complexity index is 1110. The van der Waals surface area contributed by atoms with Gasteiger partial charge in [-0.25, -0.2) is 0 Å². The van der Waals surface area contributed by atoms with Gasteiger partial charge in [-0.2, -0.15) is 17.0 Å². The third kappa shape index (κ3) is 5.24. The number of carbonyl (C=O) groups is 2. The van der Waals surface area contributed by atoms with Crippen LogP contribution in [-0.4, -0.2) is 72.5 Å². The van der Waals surface area contributed by atoms with Gasteiger partial charge in [-0.3, -0.25) is 9.59 Å². The molecule has 8 nitrogen and oxygen atoms in total. The third-order valence-electron chi connectivity index (χ3n) is 6.76. The molecule has 2 saturated heterocycles. The highest BCUT2D eigenvalue weighted by Crippen LogP contribution is 2.40. The van der Waals surface area contributed by atoms with Crippen LogP contribution in [0.3, 0.4) is 0 Å². The second kappa shape index (κ2) is 11.6. The number of nitriles is 1. The molecular formula is C27H31N3O5S. The predicted molar refractivity (Wildman–Crippen MR) is 137 cm³/mol. The minimum Gasteiger partial charge on any atom is -0.493 e. The smallest absolute Gasteiger partial charge is 0.254 e. The molecule has 0 bridgehead atoms. The molecule has 0 aromatic heterocycles. The Morgan fingerprint density at radius 1 is 1.11 bits per heavy atom. The van der Waals surface area contributed by atoms with Gasteiger partial charge in [-0.15, -0.1) is 0 Å². The number of amides is 2. The molecule has 3 atom stereocenters. The normalized spacial score (nSPS) is 21.2. The average molecular weight is 510 g/mol. The van der Waals surface area contributed by atoms with Crippen molar-refractivity contribution >= 4 is 23.6 Å². The number of nitrogens with zero attached hydrogens (tertiary/aromatic N) is 3. The lowest BCUT2D eigenvalue weighted by Crippen LogP contribution is -2.49. The summed E-state index contributed by atoms with van der Waals surface area (Å²) in [6, 6.07) is 14.2. The van der Waals surface area contributed by atoms with E-state index in [2.05, 4.69) is 6.07 Å². The zero-order chi connectivity index (χ0) is 25.7. The summed E-state index contributed by atoms with van der Waals surface area (Å²) in [5.74, 6) is 0.738. The Morgan fingerprint density at radius 2 is 1.81 bits per heavy atom. The first-order valence-corrected chi connectivity index (χ1v) is 13.3. The van der Waals surface area contributed by atoms with Crippen molar-refractivity contribution in [3.8, 4) is 23.3 Å². The molecule has 4 rings (SSSR count). The lowest BCUT2D eigenvalue weighted by atomic mass is 10.1. The molecule has 2 aliphatic rings. The molecule has 2 aromatic rings. The van der Waals surface area contributed by atoms with Crippen LogP contribution < -0.4 is 14.2 Å². The number of ether oxygens (including phenoxy) is 3. The van der Waals surface area contributed by atoms with E-state index in [0.29, 0.717) is 55.4 Å². The van der Waals surface area contributed by atoms with E-state index >= 15 is 0 Å². The molecule has 190 valence electrons. The molecule has 2 fully saturated rings. The van der Waals surface area contributed by atoms with Crippen molar-refractivity contribution in [1.82, 2.24) is 9.80 Å². The number of likely N-dealkylation sites (tertiary alicyclic amines) is 2. The second-order valence-corrected chi connectivity index (χ2v) is 10.0. The molecule has 0 unspecified atom stereocenters. The molecule has 0 aliphatic carbocycles. The van der Waals surface area contributed by atoms with Gasteiger partial charge in [0.05, 0.1) is 20.3 Å². The topological polar surface area (TPSA) is 92.1 Å². The van der Waals surface area contributed by atoms with Gasteiger partial charge in [-0.05, 0) is 43.2 Å². The molecular weight excluding hydrogens is 478 g/mol. The summed E-state index contributed by atoms with van der Waals surface area (Å²) < 4.78 is 17.1. The van der Waals surface area contributed by atoms with Gasteiger partial charge in [0.15, 0.2) is 11.5 Å². The third-order valence-corrected chi connectivity index (χ3v) is 7.77. The average Bonchev–Trinajstić information content (AvgIpc) is 3.58. The maximum Gasteiger partial charge on any atom is 0.254 e. The molecule has 0 spiro atoms. The quantitative estimate of drug-likeness (QED) is 0.535. The number of methoxy groups -OCH3 is 2. The molecule has 0 radical (unpaired) electrons. The molecule has 2 aromatic carbocycles. The number of hydrogen-bond donors (Lipinski definition) is 0. The number of benzene rings is 2. The van der Waals surface area contributed by atoms with Crippen molar-refractivity contribution in [1.29, 1.82) is 5.26 Å². The molecule has 36 heavy (non-hydrogen) atoms. The Balaban J connectivity index is 1.60. The summed E-state index contributed by atoms with van der Waals surface area (Å²) in [7, 11) is 3.03. The predicted octanol–water partition coefficient (Wildman–Crippen LogP) is 3.74. The van der Waals surface area contributed by atoms with Crippen molar-refractivity contribution in [2.24, 2.45) is 0 Å². The van der Waals surface area contributed by atoms with Crippen LogP contribution in [0, 0.1) is 11.3 Å². The molecule has 2 amide bonds. The van der Waals surface area contributed by atoms with Crippen molar-refractivity contribution in [3.63, 3.8) is 0 Å². The first-order valence-electron chi connectivity index (χ1n) is 12.0. The van der Waals surface area contributed by atoms with Crippen LogP contribution in [-0.2, 0) is 11.4 Å². The van der Waals surface area contributed by atoms with Gasteiger partial charge in [0.25, 0.3) is 5.91 Å². The number of rotatable bonds is 8. The largest absolute Gasteiger partial charge is 0.493 e. The number of carbonyl (C=O) groups excluding carboxylic acids is 2. The molecule has 2 heterocycles. The van der Waals surface area contributed by atoms with E-state index in [-0.39, 0.29) is 17.1 Å². The summed E-state index contributed by atoms with van der Waals surface area (Å²) in [5, 5.41) is 9.61. The van der Waals surface area contributed by atoms with E-state index in [4.69, 9.17) is 14.2 Å². The highest BCUT2D eigenvalue weighted by molar-refractivity contribution is 7.99. The standard InChI is InChI=1S/C27H31N3O5S/c1-33-23-12-19(13-24(34-2)25(23)35-17-18-8-5-4-6-9-18)26(31)30-16-21(36-3)14-22(30)27(32)29-11-7-10-20(29)15-28/h4-6,8-9,12-13,20-22H,7,10-11,14,16-17H2,1-3H3/t20-,21-,22-/m0/s1. The second-order valence-electron chi connectivity index (χ2n) is 8.87. The van der Waals surface area contributed by atoms with Crippen LogP contribution in [0.1, 0.15) is 35.2 Å². The number of thioether (sulfide) groups is 1. The van der Waals surface area contributed by atoms with Crippen molar-refractivity contribution in [2.45, 2.75) is 43.2 Å². The lowest BCUT2D eigenvalue weighted by molar-refractivity contribution is -0.135. The lowest BCUT2D eigenvalue weighted by Gasteiger charge is -2.29. The Labute approximate surface area is 216 Å².